The van der Waals surface area contributed by atoms with Gasteiger partial charge in [0.1, 0.15) is 6.01 Å². The number of benzene rings is 2. The van der Waals surface area contributed by atoms with Crippen molar-refractivity contribution in [3.05, 3.63) is 58.7 Å². The second-order valence-electron chi connectivity index (χ2n) is 5.64. The first-order valence-corrected chi connectivity index (χ1v) is 8.61. The molecule has 0 saturated carbocycles. The van der Waals surface area contributed by atoms with E-state index in [0.717, 1.165) is 37.1 Å². The van der Waals surface area contributed by atoms with Crippen LogP contribution in [-0.4, -0.2) is 6.01 Å². The smallest absolute Gasteiger partial charge is 0.100 e. The number of aliphatic imine (C=N–C) groups is 2. The van der Waals surface area contributed by atoms with Crippen molar-refractivity contribution in [2.75, 3.05) is 0 Å². The number of hydrogen-bond donors (Lipinski definition) is 0. The molecule has 0 amide bonds. The Balaban J connectivity index is 2.24. The second kappa shape index (κ2) is 8.45. The lowest BCUT2D eigenvalue weighted by Crippen LogP contribution is -1.89. The largest absolute Gasteiger partial charge is 0.188 e. The van der Waals surface area contributed by atoms with Crippen molar-refractivity contribution in [3.8, 4) is 0 Å². The molecule has 0 N–H and O–H groups in total. The molecule has 0 atom stereocenters. The summed E-state index contributed by atoms with van der Waals surface area (Å²) < 4.78 is 0. The van der Waals surface area contributed by atoms with E-state index < -0.39 is 0 Å². The Bertz CT molecular complexity index is 663. The molecular formula is C21H26N2. The third kappa shape index (κ3) is 4.40. The first-order valence-electron chi connectivity index (χ1n) is 8.61. The summed E-state index contributed by atoms with van der Waals surface area (Å²) in [6, 6.07) is 15.5. The van der Waals surface area contributed by atoms with Gasteiger partial charge in [0, 0.05) is 0 Å². The van der Waals surface area contributed by atoms with Crippen LogP contribution in [0.1, 0.15) is 49.9 Å². The van der Waals surface area contributed by atoms with E-state index in [1.54, 1.807) is 0 Å². The van der Waals surface area contributed by atoms with E-state index in [4.69, 9.17) is 0 Å². The SMILES string of the molecule is CCc1ccc(N=C=Nc2ccc(CC)c(CC)c2)cc1CC. The molecule has 2 aromatic carbocycles. The van der Waals surface area contributed by atoms with E-state index in [9.17, 15) is 0 Å². The zero-order valence-electron chi connectivity index (χ0n) is 14.7. The van der Waals surface area contributed by atoms with Gasteiger partial charge >= 0.3 is 0 Å². The molecule has 0 spiro atoms. The Hall–Kier alpha value is -2.18. The van der Waals surface area contributed by atoms with E-state index >= 15 is 0 Å². The third-order valence-corrected chi connectivity index (χ3v) is 4.26. The molecule has 0 aromatic heterocycles. The van der Waals surface area contributed by atoms with Crippen LogP contribution >= 0.6 is 0 Å². The highest BCUT2D eigenvalue weighted by atomic mass is 14.8. The van der Waals surface area contributed by atoms with Crippen LogP contribution in [0.15, 0.2) is 46.4 Å². The number of rotatable bonds is 6. The normalized spacial score (nSPS) is 10.3. The maximum Gasteiger partial charge on any atom is 0.100 e. The molecule has 0 heterocycles. The highest BCUT2D eigenvalue weighted by Crippen LogP contribution is 2.21. The predicted octanol–water partition coefficient (Wildman–Crippen LogP) is 6.07. The quantitative estimate of drug-likeness (QED) is 0.578. The average molecular weight is 306 g/mol. The van der Waals surface area contributed by atoms with Gasteiger partial charge < -0.3 is 0 Å². The van der Waals surface area contributed by atoms with Crippen molar-refractivity contribution in [1.29, 1.82) is 0 Å². The highest BCUT2D eigenvalue weighted by molar-refractivity contribution is 5.59. The third-order valence-electron chi connectivity index (χ3n) is 4.26. The van der Waals surface area contributed by atoms with Gasteiger partial charge in [-0.25, -0.2) is 0 Å². The molecule has 23 heavy (non-hydrogen) atoms. The summed E-state index contributed by atoms with van der Waals surface area (Å²) in [4.78, 5) is 8.73. The summed E-state index contributed by atoms with van der Waals surface area (Å²) in [5.41, 5.74) is 7.34. The molecule has 0 aliphatic heterocycles. The molecule has 0 fully saturated rings. The molecule has 2 rings (SSSR count). The van der Waals surface area contributed by atoms with E-state index in [1.807, 2.05) is 12.1 Å². The fourth-order valence-corrected chi connectivity index (χ4v) is 2.85. The first-order chi connectivity index (χ1) is 11.2. The van der Waals surface area contributed by atoms with Crippen molar-refractivity contribution in [1.82, 2.24) is 0 Å². The fraction of sp³-hybridized carbons (Fsp3) is 0.381. The van der Waals surface area contributed by atoms with Crippen molar-refractivity contribution < 1.29 is 0 Å². The summed E-state index contributed by atoms with van der Waals surface area (Å²) >= 11 is 0. The highest BCUT2D eigenvalue weighted by Gasteiger charge is 2.01. The van der Waals surface area contributed by atoms with E-state index in [0.29, 0.717) is 0 Å². The van der Waals surface area contributed by atoms with Crippen LogP contribution in [0.4, 0.5) is 11.4 Å². The lowest BCUT2D eigenvalue weighted by Gasteiger charge is -2.05. The molecule has 2 heteroatoms. The van der Waals surface area contributed by atoms with Crippen LogP contribution in [-0.2, 0) is 25.7 Å². The molecule has 120 valence electrons. The number of nitrogens with zero attached hydrogens (tertiary/aromatic N) is 2. The van der Waals surface area contributed by atoms with Gasteiger partial charge in [-0.1, -0.05) is 39.8 Å². The first kappa shape index (κ1) is 17.2. The monoisotopic (exact) mass is 306 g/mol. The zero-order valence-corrected chi connectivity index (χ0v) is 14.7. The maximum absolute atomic E-state index is 4.37. The molecule has 0 aliphatic carbocycles. The Morgan fingerprint density at radius 2 is 1.00 bits per heavy atom. The van der Waals surface area contributed by atoms with Gasteiger partial charge in [-0.05, 0) is 72.2 Å². The number of hydrogen-bond acceptors (Lipinski definition) is 2. The minimum absolute atomic E-state index is 0.920. The molecule has 0 bridgehead atoms. The summed E-state index contributed by atoms with van der Waals surface area (Å²) in [5.74, 6) is 0. The van der Waals surface area contributed by atoms with Crippen LogP contribution < -0.4 is 0 Å². The van der Waals surface area contributed by atoms with Crippen molar-refractivity contribution >= 4 is 17.4 Å². The van der Waals surface area contributed by atoms with Gasteiger partial charge in [-0.15, -0.1) is 0 Å². The molecule has 0 radical (unpaired) electrons. The van der Waals surface area contributed by atoms with Crippen LogP contribution in [0.3, 0.4) is 0 Å². The molecule has 2 aromatic rings. The van der Waals surface area contributed by atoms with Crippen molar-refractivity contribution in [3.63, 3.8) is 0 Å². The molecule has 0 unspecified atom stereocenters. The van der Waals surface area contributed by atoms with Gasteiger partial charge in [0.05, 0.1) is 11.4 Å². The summed E-state index contributed by atoms with van der Waals surface area (Å²) in [6.45, 7) is 8.73. The van der Waals surface area contributed by atoms with Gasteiger partial charge in [-0.2, -0.15) is 9.98 Å². The lowest BCUT2D eigenvalue weighted by atomic mass is 10.0. The van der Waals surface area contributed by atoms with E-state index in [1.165, 1.54) is 22.3 Å². The molecule has 2 nitrogen and oxygen atoms in total. The Morgan fingerprint density at radius 3 is 1.35 bits per heavy atom. The minimum Gasteiger partial charge on any atom is -0.188 e. The van der Waals surface area contributed by atoms with Crippen LogP contribution in [0.5, 0.6) is 0 Å². The topological polar surface area (TPSA) is 24.7 Å². The Morgan fingerprint density at radius 1 is 0.609 bits per heavy atom. The second-order valence-corrected chi connectivity index (χ2v) is 5.64. The molecule has 0 aliphatic rings. The van der Waals surface area contributed by atoms with E-state index in [-0.39, 0.29) is 0 Å². The molecular weight excluding hydrogens is 280 g/mol. The van der Waals surface area contributed by atoms with Gasteiger partial charge in [0.25, 0.3) is 0 Å². The van der Waals surface area contributed by atoms with Gasteiger partial charge in [0.15, 0.2) is 0 Å². The van der Waals surface area contributed by atoms with Crippen LogP contribution in [0.2, 0.25) is 0 Å². The predicted molar refractivity (Wildman–Crippen MR) is 99.6 cm³/mol. The van der Waals surface area contributed by atoms with Gasteiger partial charge in [-0.3, -0.25) is 0 Å². The van der Waals surface area contributed by atoms with Crippen molar-refractivity contribution in [2.45, 2.75) is 53.4 Å². The summed E-state index contributed by atoms with van der Waals surface area (Å²) in [7, 11) is 0. The van der Waals surface area contributed by atoms with Crippen LogP contribution in [0.25, 0.3) is 0 Å². The minimum atomic E-state index is 0.920. The molecule has 0 saturated heterocycles. The zero-order chi connectivity index (χ0) is 16.7. The van der Waals surface area contributed by atoms with E-state index in [2.05, 4.69) is 68.0 Å². The Kier molecular flexibility index (Phi) is 6.31. The summed E-state index contributed by atoms with van der Waals surface area (Å²) in [6.07, 6.45) is 4.18. The summed E-state index contributed by atoms with van der Waals surface area (Å²) in [5, 5.41) is 0. The standard InChI is InChI=1S/C21H26N2/c1-5-16-9-11-20(13-18(16)7-3)22-15-23-21-12-10-17(6-2)19(8-4)14-21/h9-14H,5-8H2,1-4H3. The lowest BCUT2D eigenvalue weighted by molar-refractivity contribution is 1.04. The fourth-order valence-electron chi connectivity index (χ4n) is 2.85. The van der Waals surface area contributed by atoms with Crippen molar-refractivity contribution in [2.24, 2.45) is 9.98 Å². The maximum atomic E-state index is 4.37. The Labute approximate surface area is 140 Å². The average Bonchev–Trinajstić information content (AvgIpc) is 2.61. The number of aryl methyl sites for hydroxylation is 4. The van der Waals surface area contributed by atoms with Crippen LogP contribution in [0, 0.1) is 0 Å². The van der Waals surface area contributed by atoms with Gasteiger partial charge in [0.2, 0.25) is 0 Å².